The first-order valence-corrected chi connectivity index (χ1v) is 12.7. The van der Waals surface area contributed by atoms with Gasteiger partial charge in [0, 0.05) is 49.5 Å². The van der Waals surface area contributed by atoms with Gasteiger partial charge < -0.3 is 10.2 Å². The molecule has 0 radical (unpaired) electrons. The third kappa shape index (κ3) is 5.93. The lowest BCUT2D eigenvalue weighted by Crippen LogP contribution is -2.44. The van der Waals surface area contributed by atoms with Crippen molar-refractivity contribution in [1.82, 2.24) is 24.4 Å². The van der Waals surface area contributed by atoms with Crippen molar-refractivity contribution < 1.29 is 18.0 Å². The summed E-state index contributed by atoms with van der Waals surface area (Å²) in [7, 11) is 1.99. The molecule has 0 saturated carbocycles. The maximum Gasteiger partial charge on any atom is 0.416 e. The molecule has 4 aromatic rings. The van der Waals surface area contributed by atoms with Crippen molar-refractivity contribution in [2.75, 3.05) is 38.5 Å². The van der Waals surface area contributed by atoms with Gasteiger partial charge in [-0.2, -0.15) is 18.3 Å². The van der Waals surface area contributed by atoms with Crippen molar-refractivity contribution in [2.45, 2.75) is 19.6 Å². The lowest BCUT2D eigenvalue weighted by Gasteiger charge is -2.33. The fraction of sp³-hybridized carbons (Fsp3) is 0.276. The number of amides is 1. The number of benzene rings is 2. The van der Waals surface area contributed by atoms with Crippen molar-refractivity contribution in [2.24, 2.45) is 0 Å². The molecule has 1 saturated heterocycles. The molecule has 0 aliphatic carbocycles. The van der Waals surface area contributed by atoms with E-state index in [0.29, 0.717) is 30.0 Å². The Balaban J connectivity index is 1.37. The summed E-state index contributed by atoms with van der Waals surface area (Å²) in [6.07, 6.45) is -4.56. The van der Waals surface area contributed by atoms with Crippen LogP contribution in [0, 0.1) is 18.8 Å². The molecule has 3 heterocycles. The van der Waals surface area contributed by atoms with Gasteiger partial charge in [0.15, 0.2) is 5.65 Å². The molecule has 2 aromatic heterocycles. The van der Waals surface area contributed by atoms with Crippen molar-refractivity contribution in [3.63, 3.8) is 0 Å². The summed E-state index contributed by atoms with van der Waals surface area (Å²) >= 11 is 0. The van der Waals surface area contributed by atoms with Gasteiger partial charge in [-0.15, -0.1) is 0 Å². The first-order chi connectivity index (χ1) is 19.1. The third-order valence-electron chi connectivity index (χ3n) is 6.93. The number of carbonyl (C=O) groups excluding carboxylic acids is 1. The molecule has 0 atom stereocenters. The number of likely N-dealkylation sites (N-methyl/N-ethyl adjacent to an activating group) is 1. The van der Waals surface area contributed by atoms with E-state index in [9.17, 15) is 22.8 Å². The highest BCUT2D eigenvalue weighted by Crippen LogP contribution is 2.34. The molecule has 11 heteroatoms. The number of aromatic amines is 1. The zero-order valence-corrected chi connectivity index (χ0v) is 22.0. The molecule has 1 fully saturated rings. The lowest BCUT2D eigenvalue weighted by molar-refractivity contribution is -0.138. The van der Waals surface area contributed by atoms with E-state index in [1.54, 1.807) is 36.4 Å². The molecule has 206 valence electrons. The number of rotatable bonds is 4. The first-order valence-electron chi connectivity index (χ1n) is 12.7. The number of hydrogen-bond donors (Lipinski definition) is 2. The number of nitrogens with zero attached hydrogens (tertiary/aromatic N) is 4. The van der Waals surface area contributed by atoms with Crippen LogP contribution in [-0.4, -0.2) is 63.5 Å². The van der Waals surface area contributed by atoms with Crippen LogP contribution in [-0.2, 0) is 12.7 Å². The fourth-order valence-corrected chi connectivity index (χ4v) is 4.59. The zero-order valence-electron chi connectivity index (χ0n) is 22.0. The van der Waals surface area contributed by atoms with Crippen molar-refractivity contribution in [1.29, 1.82) is 0 Å². The van der Waals surface area contributed by atoms with Gasteiger partial charge in [-0.05, 0) is 67.4 Å². The van der Waals surface area contributed by atoms with E-state index in [2.05, 4.69) is 32.3 Å². The second kappa shape index (κ2) is 11.0. The molecule has 1 aliphatic rings. The number of halogens is 3. The van der Waals surface area contributed by atoms with E-state index in [0.717, 1.165) is 24.7 Å². The molecular formula is C29H27F3N6O2. The smallest absolute Gasteiger partial charge is 0.322 e. The van der Waals surface area contributed by atoms with Gasteiger partial charge in [-0.25, -0.2) is 14.3 Å². The van der Waals surface area contributed by atoms with Crippen LogP contribution in [0.15, 0.2) is 59.4 Å². The maximum absolute atomic E-state index is 13.9. The summed E-state index contributed by atoms with van der Waals surface area (Å²) in [6.45, 7) is 5.00. The number of anilines is 1. The fourth-order valence-electron chi connectivity index (χ4n) is 4.59. The number of nitrogens with one attached hydrogen (secondary N) is 2. The van der Waals surface area contributed by atoms with Crippen LogP contribution in [0.5, 0.6) is 0 Å². The van der Waals surface area contributed by atoms with Crippen LogP contribution in [0.2, 0.25) is 0 Å². The van der Waals surface area contributed by atoms with Gasteiger partial charge in [0.2, 0.25) is 0 Å². The van der Waals surface area contributed by atoms with E-state index in [1.165, 1.54) is 16.5 Å². The van der Waals surface area contributed by atoms with Crippen molar-refractivity contribution >= 4 is 17.2 Å². The monoisotopic (exact) mass is 548 g/mol. The Morgan fingerprint density at radius 3 is 2.58 bits per heavy atom. The van der Waals surface area contributed by atoms with Gasteiger partial charge >= 0.3 is 11.9 Å². The maximum atomic E-state index is 13.9. The molecule has 0 unspecified atom stereocenters. The minimum Gasteiger partial charge on any atom is -0.322 e. The Kier molecular flexibility index (Phi) is 7.47. The molecule has 1 aliphatic heterocycles. The molecular weight excluding hydrogens is 521 g/mol. The number of aromatic nitrogens is 3. The van der Waals surface area contributed by atoms with Crippen LogP contribution in [0.4, 0.5) is 18.9 Å². The van der Waals surface area contributed by atoms with Crippen molar-refractivity contribution in [3.05, 3.63) is 98.6 Å². The lowest BCUT2D eigenvalue weighted by atomic mass is 10.0. The summed E-state index contributed by atoms with van der Waals surface area (Å²) < 4.78 is 43.2. The second-order valence-electron chi connectivity index (χ2n) is 9.82. The highest BCUT2D eigenvalue weighted by molar-refractivity contribution is 6.04. The summed E-state index contributed by atoms with van der Waals surface area (Å²) in [6, 6.07) is 13.9. The zero-order chi connectivity index (χ0) is 28.4. The number of carbonyl (C=O) groups is 1. The number of pyridine rings is 1. The Hall–Kier alpha value is -4.40. The predicted octanol–water partition coefficient (Wildman–Crippen LogP) is 3.75. The predicted molar refractivity (Wildman–Crippen MR) is 145 cm³/mol. The minimum absolute atomic E-state index is 0.0543. The molecule has 2 aromatic carbocycles. The standard InChI is InChI=1S/C29H27F3N6O2/c1-19-6-7-21(16-20(19)9-11-24-4-3-5-26-34-35-28(40)38(24)26)27(39)33-23-10-8-22(25(17-23)29(30,31)32)18-37-14-12-36(2)13-15-37/h3-8,10,16-17H,12-15,18H2,1-2H3,(H,33,39)(H,35,40). The number of H-pyrrole nitrogens is 1. The average molecular weight is 549 g/mol. The molecule has 0 bridgehead atoms. The molecule has 8 nitrogen and oxygen atoms in total. The third-order valence-corrected chi connectivity index (χ3v) is 6.93. The number of piperazine rings is 1. The summed E-state index contributed by atoms with van der Waals surface area (Å²) in [5.41, 5.74) is 1.47. The Morgan fingerprint density at radius 1 is 1.05 bits per heavy atom. The van der Waals surface area contributed by atoms with E-state index < -0.39 is 23.3 Å². The van der Waals surface area contributed by atoms with E-state index in [1.807, 2.05) is 18.9 Å². The van der Waals surface area contributed by atoms with E-state index in [4.69, 9.17) is 0 Å². The van der Waals surface area contributed by atoms with Crippen LogP contribution >= 0.6 is 0 Å². The molecule has 5 rings (SSSR count). The van der Waals surface area contributed by atoms with Crippen LogP contribution in [0.25, 0.3) is 5.65 Å². The average Bonchev–Trinajstić information content (AvgIpc) is 3.31. The summed E-state index contributed by atoms with van der Waals surface area (Å²) in [4.78, 5) is 29.2. The highest BCUT2D eigenvalue weighted by atomic mass is 19.4. The molecule has 0 spiro atoms. The van der Waals surface area contributed by atoms with Gasteiger partial charge in [-0.3, -0.25) is 9.69 Å². The number of fused-ring (bicyclic) bond motifs is 1. The van der Waals surface area contributed by atoms with E-state index in [-0.39, 0.29) is 23.4 Å². The minimum atomic E-state index is -4.56. The Morgan fingerprint density at radius 2 is 1.82 bits per heavy atom. The normalized spacial score (nSPS) is 14.6. The summed E-state index contributed by atoms with van der Waals surface area (Å²) in [5, 5.41) is 8.88. The quantitative estimate of drug-likeness (QED) is 0.380. The highest BCUT2D eigenvalue weighted by Gasteiger charge is 2.34. The summed E-state index contributed by atoms with van der Waals surface area (Å²) in [5.74, 6) is 5.37. The second-order valence-corrected chi connectivity index (χ2v) is 9.82. The van der Waals surface area contributed by atoms with Crippen LogP contribution in [0.1, 0.15) is 38.3 Å². The Bertz CT molecular complexity index is 1690. The van der Waals surface area contributed by atoms with Gasteiger partial charge in [0.25, 0.3) is 5.91 Å². The molecule has 40 heavy (non-hydrogen) atoms. The number of hydrogen-bond acceptors (Lipinski definition) is 5. The Labute approximate surface area is 228 Å². The number of aryl methyl sites for hydroxylation is 1. The van der Waals surface area contributed by atoms with Gasteiger partial charge in [-0.1, -0.05) is 24.1 Å². The number of alkyl halides is 3. The van der Waals surface area contributed by atoms with Gasteiger partial charge in [0.05, 0.1) is 5.56 Å². The SMILES string of the molecule is Cc1ccc(C(=O)Nc2ccc(CN3CCN(C)CC3)c(C(F)(F)F)c2)cc1C#Cc1cccc2n[nH]c(=O)n12. The van der Waals surface area contributed by atoms with E-state index >= 15 is 0 Å². The first kappa shape index (κ1) is 27.2. The van der Waals surface area contributed by atoms with Crippen LogP contribution in [0.3, 0.4) is 0 Å². The topological polar surface area (TPSA) is 85.7 Å². The van der Waals surface area contributed by atoms with Crippen molar-refractivity contribution in [3.8, 4) is 11.8 Å². The molecule has 2 N–H and O–H groups in total. The van der Waals surface area contributed by atoms with Crippen LogP contribution < -0.4 is 11.0 Å². The van der Waals surface area contributed by atoms with Gasteiger partial charge in [0.1, 0.15) is 5.69 Å². The largest absolute Gasteiger partial charge is 0.416 e. The molecule has 1 amide bonds.